The van der Waals surface area contributed by atoms with Gasteiger partial charge < -0.3 is 31.5 Å². The minimum absolute atomic E-state index is 0.0981. The van der Waals surface area contributed by atoms with Gasteiger partial charge in [0, 0.05) is 36.8 Å². The first-order valence-corrected chi connectivity index (χ1v) is 11.6. The lowest BCUT2D eigenvalue weighted by atomic mass is 9.92. The number of rotatable bonds is 9. The summed E-state index contributed by atoms with van der Waals surface area (Å²) in [4.78, 5) is 39.6. The summed E-state index contributed by atoms with van der Waals surface area (Å²) in [7, 11) is 0. The number of piperidine rings is 1. The third-order valence-electron chi connectivity index (χ3n) is 6.14. The molecule has 11 heteroatoms. The monoisotopic (exact) mass is 469 g/mol. The number of hydrogen-bond donors (Lipinski definition) is 4. The molecule has 2 fully saturated rings. The molecule has 182 valence electrons. The smallest absolute Gasteiger partial charge is 0.319 e. The molecule has 1 atom stereocenters. The normalized spacial score (nSPS) is 17.3. The van der Waals surface area contributed by atoms with Crippen molar-refractivity contribution in [3.8, 4) is 6.01 Å². The van der Waals surface area contributed by atoms with E-state index in [0.717, 1.165) is 31.4 Å². The number of ether oxygens (including phenoxy) is 1. The Morgan fingerprint density at radius 3 is 2.59 bits per heavy atom. The quantitative estimate of drug-likeness (QED) is 0.415. The van der Waals surface area contributed by atoms with Crippen molar-refractivity contribution in [3.05, 3.63) is 35.3 Å². The number of aromatic nitrogens is 3. The van der Waals surface area contributed by atoms with Crippen molar-refractivity contribution in [3.63, 3.8) is 0 Å². The van der Waals surface area contributed by atoms with Gasteiger partial charge in [0.1, 0.15) is 11.5 Å². The van der Waals surface area contributed by atoms with Gasteiger partial charge in [-0.1, -0.05) is 0 Å². The third-order valence-corrected chi connectivity index (χ3v) is 6.14. The highest BCUT2D eigenvalue weighted by Crippen LogP contribution is 2.32. The molecule has 0 spiro atoms. The molecule has 3 heterocycles. The Morgan fingerprint density at radius 2 is 1.94 bits per heavy atom. The molecule has 6 N–H and O–H groups in total. The van der Waals surface area contributed by atoms with E-state index in [1.165, 1.54) is 0 Å². The van der Waals surface area contributed by atoms with Crippen molar-refractivity contribution in [2.24, 2.45) is 11.7 Å². The van der Waals surface area contributed by atoms with Gasteiger partial charge in [-0.25, -0.2) is 4.98 Å². The molecular formula is C23H31N7O4. The topological polar surface area (TPSA) is 170 Å². The first-order chi connectivity index (χ1) is 16.3. The first kappa shape index (κ1) is 23.7. The predicted octanol–water partition coefficient (Wildman–Crippen LogP) is 0.836. The summed E-state index contributed by atoms with van der Waals surface area (Å²) in [6.45, 7) is 3.43. The van der Waals surface area contributed by atoms with Crippen molar-refractivity contribution in [2.45, 2.75) is 44.6 Å². The predicted molar refractivity (Wildman–Crippen MR) is 126 cm³/mol. The van der Waals surface area contributed by atoms with E-state index in [4.69, 9.17) is 16.2 Å². The Kier molecular flexibility index (Phi) is 7.11. The van der Waals surface area contributed by atoms with E-state index in [1.54, 1.807) is 19.1 Å². The fourth-order valence-corrected chi connectivity index (χ4v) is 3.89. The molecule has 1 saturated heterocycles. The van der Waals surface area contributed by atoms with Crippen molar-refractivity contribution in [2.75, 3.05) is 36.9 Å². The molecule has 1 saturated carbocycles. The maximum absolute atomic E-state index is 12.7. The Morgan fingerprint density at radius 1 is 1.21 bits per heavy atom. The van der Waals surface area contributed by atoms with Crippen LogP contribution in [0.5, 0.6) is 6.01 Å². The van der Waals surface area contributed by atoms with E-state index in [2.05, 4.69) is 25.2 Å². The van der Waals surface area contributed by atoms with Crippen molar-refractivity contribution < 1.29 is 19.4 Å². The van der Waals surface area contributed by atoms with E-state index in [-0.39, 0.29) is 41.5 Å². The Labute approximate surface area is 197 Å². The third kappa shape index (κ3) is 5.71. The molecule has 2 aromatic rings. The maximum Gasteiger partial charge on any atom is 0.319 e. The molecule has 11 nitrogen and oxygen atoms in total. The van der Waals surface area contributed by atoms with Gasteiger partial charge in [0.05, 0.1) is 18.9 Å². The highest BCUT2D eigenvalue weighted by molar-refractivity contribution is 5.95. The van der Waals surface area contributed by atoms with Crippen LogP contribution in [0.25, 0.3) is 0 Å². The van der Waals surface area contributed by atoms with Crippen LogP contribution in [0.15, 0.2) is 18.2 Å². The van der Waals surface area contributed by atoms with Crippen LogP contribution in [0.4, 0.5) is 11.5 Å². The molecule has 2 aliphatic rings. The van der Waals surface area contributed by atoms with Gasteiger partial charge in [-0.3, -0.25) is 9.59 Å². The summed E-state index contributed by atoms with van der Waals surface area (Å²) in [6.07, 6.45) is 3.82. The molecular weight excluding hydrogens is 438 g/mol. The molecule has 2 aromatic heterocycles. The van der Waals surface area contributed by atoms with Gasteiger partial charge >= 0.3 is 6.01 Å². The number of nitrogens with zero attached hydrogens (tertiary/aromatic N) is 4. The summed E-state index contributed by atoms with van der Waals surface area (Å²) in [6, 6.07) is 4.94. The number of hydrogen-bond acceptors (Lipinski definition) is 9. The second-order valence-corrected chi connectivity index (χ2v) is 9.00. The van der Waals surface area contributed by atoms with Gasteiger partial charge in [-0.15, -0.1) is 0 Å². The van der Waals surface area contributed by atoms with E-state index < -0.39 is 11.9 Å². The lowest BCUT2D eigenvalue weighted by Gasteiger charge is -2.33. The van der Waals surface area contributed by atoms with Crippen LogP contribution < -0.4 is 26.4 Å². The number of nitrogens with one attached hydrogen (secondary N) is 1. The number of carbonyl (C=O) groups is 2. The number of primary amides is 1. The molecule has 34 heavy (non-hydrogen) atoms. The lowest BCUT2D eigenvalue weighted by molar-refractivity contribution is 0.0915. The SMILES string of the molecule is C[C@H](CO)NC(=O)c1cc(N2CCC(c3ccc(N)c(C(N)=O)n3)CC2)nc(OCC2CC2)n1. The molecule has 0 unspecified atom stereocenters. The summed E-state index contributed by atoms with van der Waals surface area (Å²) < 4.78 is 5.78. The highest BCUT2D eigenvalue weighted by atomic mass is 16.5. The lowest BCUT2D eigenvalue weighted by Crippen LogP contribution is -2.37. The number of aliphatic hydroxyl groups excluding tert-OH is 1. The van der Waals surface area contributed by atoms with Crippen molar-refractivity contribution >= 4 is 23.3 Å². The molecule has 1 aliphatic carbocycles. The standard InChI is InChI=1S/C23H31N7O4/c1-13(11-31)26-22(33)18-10-19(29-23(28-18)34-12-14-2-3-14)30-8-6-15(7-9-30)17-5-4-16(24)20(27-17)21(25)32/h4-5,10,13-15,31H,2-3,6-9,11-12,24H2,1H3,(H2,25,32)(H,26,33)/t13-/m1/s1. The Balaban J connectivity index is 1.49. The van der Waals surface area contributed by atoms with Gasteiger partial charge in [-0.05, 0) is 50.7 Å². The second-order valence-electron chi connectivity index (χ2n) is 9.00. The molecule has 4 rings (SSSR count). The number of nitrogens with two attached hydrogens (primary N) is 2. The van der Waals surface area contributed by atoms with Crippen LogP contribution in [0.1, 0.15) is 65.2 Å². The van der Waals surface area contributed by atoms with E-state index in [9.17, 15) is 14.7 Å². The number of pyridine rings is 1. The number of carbonyl (C=O) groups excluding carboxylic acids is 2. The summed E-state index contributed by atoms with van der Waals surface area (Å²) in [5.74, 6) is 0.256. The van der Waals surface area contributed by atoms with Crippen LogP contribution in [0, 0.1) is 5.92 Å². The van der Waals surface area contributed by atoms with Gasteiger partial charge in [0.25, 0.3) is 11.8 Å². The van der Waals surface area contributed by atoms with Crippen molar-refractivity contribution in [1.29, 1.82) is 0 Å². The van der Waals surface area contributed by atoms with Gasteiger partial charge in [0.2, 0.25) is 0 Å². The average Bonchev–Trinajstić information content (AvgIpc) is 3.67. The summed E-state index contributed by atoms with van der Waals surface area (Å²) in [5, 5.41) is 12.0. The van der Waals surface area contributed by atoms with Gasteiger partial charge in [-0.2, -0.15) is 9.97 Å². The molecule has 2 amide bonds. The first-order valence-electron chi connectivity index (χ1n) is 11.6. The van der Waals surface area contributed by atoms with E-state index in [1.807, 2.05) is 6.07 Å². The fraction of sp³-hybridized carbons (Fsp3) is 0.522. The average molecular weight is 470 g/mol. The van der Waals surface area contributed by atoms with E-state index >= 15 is 0 Å². The van der Waals surface area contributed by atoms with E-state index in [0.29, 0.717) is 31.4 Å². The van der Waals surface area contributed by atoms with Crippen LogP contribution in [-0.4, -0.2) is 64.2 Å². The molecule has 1 aliphatic heterocycles. The minimum atomic E-state index is -0.641. The summed E-state index contributed by atoms with van der Waals surface area (Å²) >= 11 is 0. The Hall–Kier alpha value is -3.47. The zero-order chi connectivity index (χ0) is 24.2. The molecule has 0 radical (unpaired) electrons. The molecule has 0 aromatic carbocycles. The minimum Gasteiger partial charge on any atom is -0.463 e. The van der Waals surface area contributed by atoms with Crippen LogP contribution in [0.2, 0.25) is 0 Å². The van der Waals surface area contributed by atoms with Crippen LogP contribution >= 0.6 is 0 Å². The largest absolute Gasteiger partial charge is 0.463 e. The van der Waals surface area contributed by atoms with Crippen LogP contribution in [-0.2, 0) is 0 Å². The van der Waals surface area contributed by atoms with Gasteiger partial charge in [0.15, 0.2) is 5.69 Å². The fourth-order valence-electron chi connectivity index (χ4n) is 3.89. The number of aliphatic hydroxyl groups is 1. The second kappa shape index (κ2) is 10.2. The zero-order valence-electron chi connectivity index (χ0n) is 19.2. The summed E-state index contributed by atoms with van der Waals surface area (Å²) in [5.41, 5.74) is 12.6. The maximum atomic E-state index is 12.7. The molecule has 0 bridgehead atoms. The number of amides is 2. The zero-order valence-corrected chi connectivity index (χ0v) is 19.2. The Bertz CT molecular complexity index is 1050. The number of nitrogen functional groups attached to an aromatic ring is 1. The number of anilines is 2. The van der Waals surface area contributed by atoms with Crippen LogP contribution in [0.3, 0.4) is 0 Å². The highest BCUT2D eigenvalue weighted by Gasteiger charge is 2.27. The van der Waals surface area contributed by atoms with Crippen molar-refractivity contribution in [1.82, 2.24) is 20.3 Å².